The van der Waals surface area contributed by atoms with Crippen molar-refractivity contribution < 1.29 is 13.9 Å². The summed E-state index contributed by atoms with van der Waals surface area (Å²) < 4.78 is 19.9. The molecule has 2 heterocycles. The highest BCUT2D eigenvalue weighted by atomic mass is 32.1. The topological polar surface area (TPSA) is 36.0 Å². The average Bonchev–Trinajstić information content (AvgIpc) is 2.91. The van der Waals surface area contributed by atoms with Crippen molar-refractivity contribution in [1.82, 2.24) is 4.90 Å². The first-order chi connectivity index (χ1) is 11.6. The van der Waals surface area contributed by atoms with E-state index in [4.69, 9.17) is 23.4 Å². The Bertz CT molecular complexity index is 731. The number of amides is 1. The third-order valence-corrected chi connectivity index (χ3v) is 4.58. The Balaban J connectivity index is 1.98. The number of ether oxygens (including phenoxy) is 1. The van der Waals surface area contributed by atoms with E-state index < -0.39 is 5.82 Å². The molecule has 0 aromatic heterocycles. The van der Waals surface area contributed by atoms with Crippen LogP contribution in [0.1, 0.15) is 13.3 Å². The van der Waals surface area contributed by atoms with Gasteiger partial charge in [0.1, 0.15) is 5.75 Å². The number of carbonyl (C=O) groups is 1. The summed E-state index contributed by atoms with van der Waals surface area (Å²) in [5.74, 6) is 2.11. The zero-order valence-electron chi connectivity index (χ0n) is 13.4. The van der Waals surface area contributed by atoms with Gasteiger partial charge in [0, 0.05) is 25.7 Å². The van der Waals surface area contributed by atoms with E-state index in [9.17, 15) is 9.18 Å². The highest BCUT2D eigenvalue weighted by molar-refractivity contribution is 7.80. The number of thiocarbonyl (C=S) groups is 1. The van der Waals surface area contributed by atoms with Crippen LogP contribution in [0.25, 0.3) is 0 Å². The number of carbonyl (C=O) groups excluding carboxylic acids is 1. The molecular formula is C17H18FN3O2S. The number of anilines is 2. The van der Waals surface area contributed by atoms with Gasteiger partial charge in [0.25, 0.3) is 5.91 Å². The molecule has 0 spiro atoms. The normalized spacial score (nSPS) is 17.0. The molecule has 0 N–H and O–H groups in total. The van der Waals surface area contributed by atoms with E-state index >= 15 is 0 Å². The van der Waals surface area contributed by atoms with Crippen LogP contribution in [-0.2, 0) is 4.79 Å². The van der Waals surface area contributed by atoms with Gasteiger partial charge in [-0.1, -0.05) is 12.8 Å². The smallest absolute Gasteiger partial charge is 0.265 e. The van der Waals surface area contributed by atoms with Crippen molar-refractivity contribution in [3.8, 4) is 18.1 Å². The molecule has 2 aliphatic heterocycles. The Morgan fingerprint density at radius 2 is 2.17 bits per heavy atom. The molecule has 5 nitrogen and oxygen atoms in total. The van der Waals surface area contributed by atoms with Crippen LogP contribution in [0.2, 0.25) is 0 Å². The van der Waals surface area contributed by atoms with E-state index in [0.29, 0.717) is 28.8 Å². The lowest BCUT2D eigenvalue weighted by molar-refractivity contribution is -0.121. The maximum atomic E-state index is 14.6. The van der Waals surface area contributed by atoms with Gasteiger partial charge in [-0.05, 0) is 24.7 Å². The summed E-state index contributed by atoms with van der Waals surface area (Å²) in [5.41, 5.74) is 0.829. The van der Waals surface area contributed by atoms with Gasteiger partial charge in [-0.2, -0.15) is 0 Å². The standard InChI is InChI=1S/C17H18FN3O2S/c1-3-5-19-7-8-21(17(19)24)13-10-14-15(9-12(13)18)23-11-16(22)20(14)6-4-2/h2,9-10H,3,5-8,11H2,1H3. The summed E-state index contributed by atoms with van der Waals surface area (Å²) in [6.45, 7) is 4.26. The van der Waals surface area contributed by atoms with Crippen molar-refractivity contribution in [3.05, 3.63) is 17.9 Å². The third kappa shape index (κ3) is 2.78. The molecule has 0 radical (unpaired) electrons. The van der Waals surface area contributed by atoms with Gasteiger partial charge in [-0.25, -0.2) is 4.39 Å². The maximum absolute atomic E-state index is 14.6. The van der Waals surface area contributed by atoms with E-state index in [0.717, 1.165) is 19.5 Å². The van der Waals surface area contributed by atoms with Crippen LogP contribution in [0.3, 0.4) is 0 Å². The zero-order valence-corrected chi connectivity index (χ0v) is 14.2. The minimum absolute atomic E-state index is 0.118. The summed E-state index contributed by atoms with van der Waals surface area (Å²) in [7, 11) is 0. The van der Waals surface area contributed by atoms with Gasteiger partial charge in [-0.15, -0.1) is 6.42 Å². The predicted octanol–water partition coefficient (Wildman–Crippen LogP) is 2.00. The number of hydrogen-bond donors (Lipinski definition) is 0. The number of rotatable bonds is 4. The largest absolute Gasteiger partial charge is 0.481 e. The van der Waals surface area contributed by atoms with Crippen LogP contribution in [0.15, 0.2) is 12.1 Å². The van der Waals surface area contributed by atoms with Crippen LogP contribution in [0.4, 0.5) is 15.8 Å². The first-order valence-electron chi connectivity index (χ1n) is 7.83. The van der Waals surface area contributed by atoms with Crippen LogP contribution in [0, 0.1) is 18.2 Å². The van der Waals surface area contributed by atoms with Crippen molar-refractivity contribution in [3.63, 3.8) is 0 Å². The summed E-state index contributed by atoms with van der Waals surface area (Å²) in [5, 5.41) is 0.599. The second-order valence-electron chi connectivity index (χ2n) is 5.67. The molecule has 0 aliphatic carbocycles. The fraction of sp³-hybridized carbons (Fsp3) is 0.412. The van der Waals surface area contributed by atoms with E-state index in [1.165, 1.54) is 11.0 Å². The van der Waals surface area contributed by atoms with E-state index in [2.05, 4.69) is 17.7 Å². The van der Waals surface area contributed by atoms with Crippen LogP contribution in [0.5, 0.6) is 5.75 Å². The lowest BCUT2D eigenvalue weighted by atomic mass is 10.2. The minimum atomic E-state index is -0.426. The van der Waals surface area contributed by atoms with Gasteiger partial charge in [0.15, 0.2) is 17.5 Å². The van der Waals surface area contributed by atoms with Crippen molar-refractivity contribution in [2.75, 3.05) is 42.6 Å². The summed E-state index contributed by atoms with van der Waals surface area (Å²) >= 11 is 5.47. The molecule has 0 bridgehead atoms. The number of nitrogens with zero attached hydrogens (tertiary/aromatic N) is 3. The Kier molecular flexibility index (Phi) is 4.58. The van der Waals surface area contributed by atoms with E-state index in [1.54, 1.807) is 11.0 Å². The quantitative estimate of drug-likeness (QED) is 0.615. The summed E-state index contributed by atoms with van der Waals surface area (Å²) in [6, 6.07) is 2.90. The molecule has 7 heteroatoms. The van der Waals surface area contributed by atoms with Crippen LogP contribution < -0.4 is 14.5 Å². The van der Waals surface area contributed by atoms with Crippen LogP contribution >= 0.6 is 12.2 Å². The van der Waals surface area contributed by atoms with Gasteiger partial charge in [0.05, 0.1) is 17.9 Å². The first-order valence-corrected chi connectivity index (χ1v) is 8.24. The fourth-order valence-electron chi connectivity index (χ4n) is 2.97. The van der Waals surface area contributed by atoms with Crippen molar-refractivity contribution >= 4 is 34.6 Å². The predicted molar refractivity (Wildman–Crippen MR) is 94.9 cm³/mol. The van der Waals surface area contributed by atoms with E-state index in [1.807, 2.05) is 0 Å². The molecule has 0 unspecified atom stereocenters. The molecule has 3 rings (SSSR count). The molecule has 1 aromatic rings. The number of fused-ring (bicyclic) bond motifs is 1. The Morgan fingerprint density at radius 1 is 1.38 bits per heavy atom. The van der Waals surface area contributed by atoms with Crippen LogP contribution in [-0.4, -0.2) is 48.7 Å². The van der Waals surface area contributed by atoms with Gasteiger partial charge in [0.2, 0.25) is 0 Å². The van der Waals surface area contributed by atoms with Crippen molar-refractivity contribution in [1.29, 1.82) is 0 Å². The Hall–Kier alpha value is -2.33. The Labute approximate surface area is 146 Å². The monoisotopic (exact) mass is 347 g/mol. The molecule has 1 aromatic carbocycles. The average molecular weight is 347 g/mol. The van der Waals surface area contributed by atoms with Gasteiger partial charge >= 0.3 is 0 Å². The fourth-order valence-corrected chi connectivity index (χ4v) is 3.34. The third-order valence-electron chi connectivity index (χ3n) is 4.10. The minimum Gasteiger partial charge on any atom is -0.481 e. The summed E-state index contributed by atoms with van der Waals surface area (Å²) in [4.78, 5) is 17.3. The molecular weight excluding hydrogens is 329 g/mol. The highest BCUT2D eigenvalue weighted by Crippen LogP contribution is 2.38. The molecule has 126 valence electrons. The van der Waals surface area contributed by atoms with Gasteiger partial charge in [-0.3, -0.25) is 9.69 Å². The van der Waals surface area contributed by atoms with Crippen molar-refractivity contribution in [2.45, 2.75) is 13.3 Å². The molecule has 2 aliphatic rings. The summed E-state index contributed by atoms with van der Waals surface area (Å²) in [6.07, 6.45) is 6.32. The van der Waals surface area contributed by atoms with Crippen molar-refractivity contribution in [2.24, 2.45) is 0 Å². The highest BCUT2D eigenvalue weighted by Gasteiger charge is 2.31. The second-order valence-corrected chi connectivity index (χ2v) is 6.03. The number of terminal acetylenes is 1. The molecule has 0 atom stereocenters. The molecule has 1 fully saturated rings. The van der Waals surface area contributed by atoms with E-state index in [-0.39, 0.29) is 19.1 Å². The van der Waals surface area contributed by atoms with Gasteiger partial charge < -0.3 is 14.5 Å². The molecule has 1 amide bonds. The number of benzene rings is 1. The molecule has 1 saturated heterocycles. The molecule has 0 saturated carbocycles. The molecule has 24 heavy (non-hydrogen) atoms. The lowest BCUT2D eigenvalue weighted by Crippen LogP contribution is -2.39. The maximum Gasteiger partial charge on any atom is 0.265 e. The number of hydrogen-bond acceptors (Lipinski definition) is 3. The number of halogens is 1. The SMILES string of the molecule is C#CCN1C(=O)COc2cc(F)c(N3CCN(CCC)C3=S)cc21. The lowest BCUT2D eigenvalue weighted by Gasteiger charge is -2.30. The zero-order chi connectivity index (χ0) is 17.3. The Morgan fingerprint density at radius 3 is 2.88 bits per heavy atom. The second kappa shape index (κ2) is 6.65. The first kappa shape index (κ1) is 16.5.